The molecule has 6 nitrogen and oxygen atoms in total. The number of carbonyl (C=O) groups is 2. The van der Waals surface area contributed by atoms with Gasteiger partial charge in [-0.3, -0.25) is 0 Å². The van der Waals surface area contributed by atoms with Crippen LogP contribution < -0.4 is 10.6 Å². The standard InChI is InChI=1S/C25H33N3O3/c1-24(2,3)19-8-11-20(12-9-19)26-22(29)27-21-10-7-18-16-28(14-13-17(18)15-21)23(30)31-25(4,5)6/h7-12,15H,13-14,16H2,1-6H3,(H2,26,27,29). The Morgan fingerprint density at radius 1 is 0.871 bits per heavy atom. The zero-order valence-electron chi connectivity index (χ0n) is 19.3. The maximum atomic E-state index is 12.4. The van der Waals surface area contributed by atoms with E-state index in [-0.39, 0.29) is 17.5 Å². The number of nitrogens with zero attached hydrogens (tertiary/aromatic N) is 1. The molecule has 1 aliphatic rings. The summed E-state index contributed by atoms with van der Waals surface area (Å²) < 4.78 is 5.47. The summed E-state index contributed by atoms with van der Waals surface area (Å²) in [7, 11) is 0. The number of carbonyl (C=O) groups excluding carboxylic acids is 2. The minimum absolute atomic E-state index is 0.0724. The van der Waals surface area contributed by atoms with E-state index in [9.17, 15) is 9.59 Å². The van der Waals surface area contributed by atoms with Crippen molar-refractivity contribution in [2.24, 2.45) is 0 Å². The summed E-state index contributed by atoms with van der Waals surface area (Å²) in [6, 6.07) is 13.4. The first-order valence-electron chi connectivity index (χ1n) is 10.7. The Morgan fingerprint density at radius 2 is 1.48 bits per heavy atom. The van der Waals surface area contributed by atoms with Gasteiger partial charge in [0.05, 0.1) is 0 Å². The number of ether oxygens (including phenoxy) is 1. The van der Waals surface area contributed by atoms with Crippen molar-refractivity contribution in [3.05, 3.63) is 59.2 Å². The van der Waals surface area contributed by atoms with Gasteiger partial charge in [-0.2, -0.15) is 0 Å². The van der Waals surface area contributed by atoms with Crippen molar-refractivity contribution in [1.29, 1.82) is 0 Å². The van der Waals surface area contributed by atoms with Crippen LogP contribution in [0.1, 0.15) is 58.2 Å². The number of fused-ring (bicyclic) bond motifs is 1. The van der Waals surface area contributed by atoms with Crippen LogP contribution in [0.2, 0.25) is 0 Å². The summed E-state index contributed by atoms with van der Waals surface area (Å²) in [5.41, 5.74) is 4.46. The third kappa shape index (κ3) is 6.23. The van der Waals surface area contributed by atoms with Gasteiger partial charge in [-0.1, -0.05) is 39.0 Å². The lowest BCUT2D eigenvalue weighted by Gasteiger charge is -2.31. The van der Waals surface area contributed by atoms with E-state index in [0.717, 1.165) is 28.9 Å². The fraction of sp³-hybridized carbons (Fsp3) is 0.440. The molecule has 31 heavy (non-hydrogen) atoms. The Morgan fingerprint density at radius 3 is 2.10 bits per heavy atom. The Balaban J connectivity index is 1.59. The van der Waals surface area contributed by atoms with Crippen LogP contribution >= 0.6 is 0 Å². The second-order valence-electron chi connectivity index (χ2n) is 10.0. The molecular formula is C25H33N3O3. The van der Waals surface area contributed by atoms with Gasteiger partial charge in [-0.15, -0.1) is 0 Å². The number of anilines is 2. The summed E-state index contributed by atoms with van der Waals surface area (Å²) in [5.74, 6) is 0. The van der Waals surface area contributed by atoms with Gasteiger partial charge in [0.25, 0.3) is 0 Å². The lowest BCUT2D eigenvalue weighted by Crippen LogP contribution is -2.39. The number of hydrogen-bond donors (Lipinski definition) is 2. The second-order valence-corrected chi connectivity index (χ2v) is 10.0. The summed E-state index contributed by atoms with van der Waals surface area (Å²) in [6.07, 6.45) is 0.428. The van der Waals surface area contributed by atoms with E-state index in [1.54, 1.807) is 4.90 Å². The monoisotopic (exact) mass is 423 g/mol. The van der Waals surface area contributed by atoms with Gasteiger partial charge >= 0.3 is 12.1 Å². The van der Waals surface area contributed by atoms with Crippen molar-refractivity contribution < 1.29 is 14.3 Å². The SMILES string of the molecule is CC(C)(C)OC(=O)N1CCc2cc(NC(=O)Nc3ccc(C(C)(C)C)cc3)ccc2C1. The van der Waals surface area contributed by atoms with E-state index < -0.39 is 5.60 Å². The first-order chi connectivity index (χ1) is 14.4. The van der Waals surface area contributed by atoms with E-state index in [2.05, 4.69) is 31.4 Å². The average Bonchev–Trinajstić information content (AvgIpc) is 2.66. The number of rotatable bonds is 2. The predicted octanol–water partition coefficient (Wildman–Crippen LogP) is 5.92. The maximum Gasteiger partial charge on any atom is 0.410 e. The Hall–Kier alpha value is -3.02. The molecule has 166 valence electrons. The van der Waals surface area contributed by atoms with Gasteiger partial charge in [0.1, 0.15) is 5.60 Å². The van der Waals surface area contributed by atoms with Crippen LogP contribution in [0.3, 0.4) is 0 Å². The molecule has 0 radical (unpaired) electrons. The van der Waals surface area contributed by atoms with Crippen LogP contribution in [0.5, 0.6) is 0 Å². The normalized spacial score (nSPS) is 13.9. The van der Waals surface area contributed by atoms with E-state index in [1.165, 1.54) is 5.56 Å². The lowest BCUT2D eigenvalue weighted by atomic mass is 9.87. The van der Waals surface area contributed by atoms with Gasteiger partial charge in [0.15, 0.2) is 0 Å². The van der Waals surface area contributed by atoms with E-state index in [1.807, 2.05) is 63.2 Å². The summed E-state index contributed by atoms with van der Waals surface area (Å²) in [5, 5.41) is 5.77. The van der Waals surface area contributed by atoms with Crippen molar-refractivity contribution in [3.8, 4) is 0 Å². The van der Waals surface area contributed by atoms with Crippen molar-refractivity contribution in [1.82, 2.24) is 4.90 Å². The van der Waals surface area contributed by atoms with Crippen molar-refractivity contribution in [2.45, 2.75) is 65.5 Å². The number of amides is 3. The van der Waals surface area contributed by atoms with Crippen molar-refractivity contribution in [2.75, 3.05) is 17.2 Å². The molecule has 1 aliphatic heterocycles. The van der Waals surface area contributed by atoms with Gasteiger partial charge in [0.2, 0.25) is 0 Å². The number of hydrogen-bond acceptors (Lipinski definition) is 3. The number of nitrogens with one attached hydrogen (secondary N) is 2. The molecule has 0 aliphatic carbocycles. The highest BCUT2D eigenvalue weighted by molar-refractivity contribution is 5.99. The highest BCUT2D eigenvalue weighted by Gasteiger charge is 2.25. The molecule has 0 fully saturated rings. The zero-order valence-corrected chi connectivity index (χ0v) is 19.3. The Labute approximate surface area is 185 Å². The molecule has 0 saturated carbocycles. The summed E-state index contributed by atoms with van der Waals surface area (Å²) in [6.45, 7) is 13.2. The van der Waals surface area contributed by atoms with Gasteiger partial charge in [-0.05, 0) is 73.6 Å². The van der Waals surface area contributed by atoms with Gasteiger partial charge < -0.3 is 20.3 Å². The Kier molecular flexibility index (Phi) is 6.30. The van der Waals surface area contributed by atoms with E-state index in [0.29, 0.717) is 13.1 Å². The van der Waals surface area contributed by atoms with Crippen LogP contribution in [0.25, 0.3) is 0 Å². The van der Waals surface area contributed by atoms with E-state index in [4.69, 9.17) is 4.74 Å². The van der Waals surface area contributed by atoms with Crippen LogP contribution in [0.15, 0.2) is 42.5 Å². The molecule has 2 aromatic carbocycles. The van der Waals surface area contributed by atoms with Crippen LogP contribution in [0, 0.1) is 0 Å². The molecule has 0 bridgehead atoms. The van der Waals surface area contributed by atoms with Crippen LogP contribution in [-0.2, 0) is 23.1 Å². The average molecular weight is 424 g/mol. The lowest BCUT2D eigenvalue weighted by molar-refractivity contribution is 0.0224. The molecule has 3 amide bonds. The predicted molar refractivity (Wildman–Crippen MR) is 125 cm³/mol. The smallest absolute Gasteiger partial charge is 0.410 e. The number of urea groups is 1. The van der Waals surface area contributed by atoms with Crippen molar-refractivity contribution >= 4 is 23.5 Å². The zero-order chi connectivity index (χ0) is 22.8. The minimum atomic E-state index is -0.508. The molecule has 3 rings (SSSR count). The van der Waals surface area contributed by atoms with Crippen LogP contribution in [-0.4, -0.2) is 29.2 Å². The third-order valence-corrected chi connectivity index (χ3v) is 5.14. The van der Waals surface area contributed by atoms with E-state index >= 15 is 0 Å². The molecule has 1 heterocycles. The first kappa shape index (κ1) is 22.7. The van der Waals surface area contributed by atoms with Gasteiger partial charge in [-0.25, -0.2) is 9.59 Å². The van der Waals surface area contributed by atoms with Crippen molar-refractivity contribution in [3.63, 3.8) is 0 Å². The molecule has 0 atom stereocenters. The highest BCUT2D eigenvalue weighted by atomic mass is 16.6. The molecule has 2 N–H and O–H groups in total. The quantitative estimate of drug-likeness (QED) is 0.630. The van der Waals surface area contributed by atoms with Gasteiger partial charge in [0, 0.05) is 24.5 Å². The summed E-state index contributed by atoms with van der Waals surface area (Å²) in [4.78, 5) is 26.5. The molecule has 0 saturated heterocycles. The largest absolute Gasteiger partial charge is 0.444 e. The topological polar surface area (TPSA) is 70.7 Å². The summed E-state index contributed by atoms with van der Waals surface area (Å²) >= 11 is 0. The molecule has 0 spiro atoms. The molecular weight excluding hydrogens is 390 g/mol. The molecule has 2 aromatic rings. The second kappa shape index (κ2) is 8.61. The molecule has 0 unspecified atom stereocenters. The Bertz CT molecular complexity index is 953. The first-order valence-corrected chi connectivity index (χ1v) is 10.7. The molecule has 0 aromatic heterocycles. The highest BCUT2D eigenvalue weighted by Crippen LogP contribution is 2.25. The van der Waals surface area contributed by atoms with Crippen LogP contribution in [0.4, 0.5) is 21.0 Å². The number of benzene rings is 2. The maximum absolute atomic E-state index is 12.4. The fourth-order valence-electron chi connectivity index (χ4n) is 3.46. The fourth-order valence-corrected chi connectivity index (χ4v) is 3.46. The molecule has 6 heteroatoms. The third-order valence-electron chi connectivity index (χ3n) is 5.14. The minimum Gasteiger partial charge on any atom is -0.444 e.